The normalized spacial score (nSPS) is 9.85. The molecule has 3 N–H and O–H groups in total. The second-order valence-electron chi connectivity index (χ2n) is 4.11. The Balaban J connectivity index is 2.18. The Bertz CT molecular complexity index is 638. The number of carbonyl (C=O) groups is 2. The van der Waals surface area contributed by atoms with Crippen LogP contribution in [0.3, 0.4) is 0 Å². The van der Waals surface area contributed by atoms with E-state index in [1.165, 1.54) is 25.4 Å². The molecule has 0 saturated carbocycles. The van der Waals surface area contributed by atoms with Crippen molar-refractivity contribution in [1.29, 1.82) is 0 Å². The van der Waals surface area contributed by atoms with Crippen molar-refractivity contribution in [2.24, 2.45) is 0 Å². The van der Waals surface area contributed by atoms with Crippen LogP contribution < -0.4 is 10.6 Å². The Morgan fingerprint density at radius 1 is 1.10 bits per heavy atom. The summed E-state index contributed by atoms with van der Waals surface area (Å²) in [5, 5.41) is 14.7. The van der Waals surface area contributed by atoms with E-state index < -0.39 is 5.97 Å². The van der Waals surface area contributed by atoms with Crippen molar-refractivity contribution >= 4 is 28.9 Å². The van der Waals surface area contributed by atoms with Gasteiger partial charge in [0.25, 0.3) is 0 Å². The molecule has 1 aromatic carbocycles. The van der Waals surface area contributed by atoms with Gasteiger partial charge in [-0.05, 0) is 30.3 Å². The lowest BCUT2D eigenvalue weighted by Gasteiger charge is -2.09. The van der Waals surface area contributed by atoms with Gasteiger partial charge in [0.1, 0.15) is 0 Å². The molecule has 1 amide bonds. The molecule has 6 nitrogen and oxygen atoms in total. The fraction of sp³-hybridized carbons (Fsp3) is 0.0714. The Morgan fingerprint density at radius 3 is 2.35 bits per heavy atom. The molecule has 0 bridgehead atoms. The van der Waals surface area contributed by atoms with Crippen LogP contribution in [0.15, 0.2) is 42.7 Å². The summed E-state index contributed by atoms with van der Waals surface area (Å²) in [5.74, 6) is -1.17. The fourth-order valence-electron chi connectivity index (χ4n) is 1.68. The quantitative estimate of drug-likeness (QED) is 0.794. The van der Waals surface area contributed by atoms with Gasteiger partial charge in [0.2, 0.25) is 5.91 Å². The van der Waals surface area contributed by atoms with Crippen molar-refractivity contribution in [2.45, 2.75) is 6.92 Å². The van der Waals surface area contributed by atoms with E-state index in [4.69, 9.17) is 5.11 Å². The first-order valence-corrected chi connectivity index (χ1v) is 5.88. The van der Waals surface area contributed by atoms with Gasteiger partial charge in [-0.2, -0.15) is 0 Å². The minimum atomic E-state index is -1.02. The zero-order valence-electron chi connectivity index (χ0n) is 10.8. The Morgan fingerprint density at radius 2 is 1.75 bits per heavy atom. The molecule has 0 fully saturated rings. The van der Waals surface area contributed by atoms with Crippen molar-refractivity contribution < 1.29 is 14.7 Å². The van der Waals surface area contributed by atoms with Crippen molar-refractivity contribution in [2.75, 3.05) is 10.6 Å². The lowest BCUT2D eigenvalue weighted by molar-refractivity contribution is -0.114. The molecule has 0 aliphatic rings. The third-order valence-corrected chi connectivity index (χ3v) is 2.54. The van der Waals surface area contributed by atoms with Crippen LogP contribution in [-0.2, 0) is 4.79 Å². The molecule has 1 aromatic heterocycles. The molecule has 2 aromatic rings. The van der Waals surface area contributed by atoms with E-state index in [9.17, 15) is 9.59 Å². The van der Waals surface area contributed by atoms with Crippen LogP contribution >= 0.6 is 0 Å². The summed E-state index contributed by atoms with van der Waals surface area (Å²) >= 11 is 0. The first kappa shape index (κ1) is 13.5. The number of aromatic nitrogens is 1. The smallest absolute Gasteiger partial charge is 0.337 e. The Labute approximate surface area is 115 Å². The van der Waals surface area contributed by atoms with Gasteiger partial charge in [-0.15, -0.1) is 0 Å². The summed E-state index contributed by atoms with van der Waals surface area (Å²) < 4.78 is 0. The maximum atomic E-state index is 11.1. The molecule has 102 valence electrons. The molecule has 2 rings (SSSR count). The standard InChI is InChI=1S/C14H13N3O3/c1-9(18)16-10-2-4-11(5-3-10)17-13-8-15-7-6-12(13)14(19)20/h2-8,17H,1H3,(H,16,18)(H,19,20). The molecule has 6 heteroatoms. The van der Waals surface area contributed by atoms with E-state index >= 15 is 0 Å². The lowest BCUT2D eigenvalue weighted by atomic mass is 10.2. The van der Waals surface area contributed by atoms with Crippen LogP contribution in [0, 0.1) is 0 Å². The van der Waals surface area contributed by atoms with E-state index in [1.807, 2.05) is 0 Å². The highest BCUT2D eigenvalue weighted by Gasteiger charge is 2.09. The molecule has 1 heterocycles. The van der Waals surface area contributed by atoms with Crippen molar-refractivity contribution in [3.05, 3.63) is 48.3 Å². The highest BCUT2D eigenvalue weighted by molar-refractivity contribution is 5.95. The average molecular weight is 271 g/mol. The molecule has 0 atom stereocenters. The number of amides is 1. The van der Waals surface area contributed by atoms with Gasteiger partial charge in [0.15, 0.2) is 0 Å². The topological polar surface area (TPSA) is 91.3 Å². The summed E-state index contributed by atoms with van der Waals surface area (Å²) in [6.07, 6.45) is 2.87. The number of carboxylic acid groups (broad SMARTS) is 1. The first-order chi connectivity index (χ1) is 9.56. The number of carboxylic acids is 1. The summed E-state index contributed by atoms with van der Waals surface area (Å²) in [6.45, 7) is 1.43. The van der Waals surface area contributed by atoms with Crippen LogP contribution in [0.25, 0.3) is 0 Å². The molecule has 0 radical (unpaired) electrons. The molecule has 0 aliphatic heterocycles. The van der Waals surface area contributed by atoms with Gasteiger partial charge in [-0.3, -0.25) is 9.78 Å². The predicted molar refractivity (Wildman–Crippen MR) is 75.2 cm³/mol. The van der Waals surface area contributed by atoms with Crippen molar-refractivity contribution in [3.8, 4) is 0 Å². The van der Waals surface area contributed by atoms with E-state index in [0.717, 1.165) is 0 Å². The summed E-state index contributed by atoms with van der Waals surface area (Å²) in [7, 11) is 0. The molecule has 20 heavy (non-hydrogen) atoms. The van der Waals surface area contributed by atoms with Gasteiger partial charge in [0.05, 0.1) is 17.4 Å². The van der Waals surface area contributed by atoms with Crippen molar-refractivity contribution in [1.82, 2.24) is 4.98 Å². The minimum Gasteiger partial charge on any atom is -0.478 e. The number of aromatic carboxylic acids is 1. The number of pyridine rings is 1. The number of nitrogens with zero attached hydrogens (tertiary/aromatic N) is 1. The molecular weight excluding hydrogens is 258 g/mol. The highest BCUT2D eigenvalue weighted by Crippen LogP contribution is 2.21. The number of rotatable bonds is 4. The highest BCUT2D eigenvalue weighted by atomic mass is 16.4. The number of hydrogen-bond donors (Lipinski definition) is 3. The first-order valence-electron chi connectivity index (χ1n) is 5.88. The van der Waals surface area contributed by atoms with Crippen LogP contribution in [0.4, 0.5) is 17.1 Å². The SMILES string of the molecule is CC(=O)Nc1ccc(Nc2cnccc2C(=O)O)cc1. The van der Waals surface area contributed by atoms with Gasteiger partial charge in [-0.25, -0.2) is 4.79 Å². The zero-order chi connectivity index (χ0) is 14.5. The fourth-order valence-corrected chi connectivity index (χ4v) is 1.68. The number of nitrogens with one attached hydrogen (secondary N) is 2. The number of anilines is 3. The largest absolute Gasteiger partial charge is 0.478 e. The minimum absolute atomic E-state index is 0.144. The van der Waals surface area contributed by atoms with Crippen LogP contribution in [0.5, 0.6) is 0 Å². The second kappa shape index (κ2) is 5.83. The molecule has 0 unspecified atom stereocenters. The summed E-state index contributed by atoms with van der Waals surface area (Å²) in [5.41, 5.74) is 1.93. The molecule has 0 saturated heterocycles. The van der Waals surface area contributed by atoms with E-state index in [0.29, 0.717) is 17.1 Å². The Hall–Kier alpha value is -2.89. The van der Waals surface area contributed by atoms with Crippen molar-refractivity contribution in [3.63, 3.8) is 0 Å². The molecule has 0 spiro atoms. The monoisotopic (exact) mass is 271 g/mol. The van der Waals surface area contributed by atoms with E-state index in [2.05, 4.69) is 15.6 Å². The maximum Gasteiger partial charge on any atom is 0.337 e. The van der Waals surface area contributed by atoms with Gasteiger partial charge < -0.3 is 15.7 Å². The predicted octanol–water partition coefficient (Wildman–Crippen LogP) is 2.48. The molecule has 0 aliphatic carbocycles. The van der Waals surface area contributed by atoms with E-state index in [-0.39, 0.29) is 11.5 Å². The van der Waals surface area contributed by atoms with Gasteiger partial charge in [-0.1, -0.05) is 0 Å². The Kier molecular flexibility index (Phi) is 3.95. The molecular formula is C14H13N3O3. The second-order valence-corrected chi connectivity index (χ2v) is 4.11. The number of hydrogen-bond acceptors (Lipinski definition) is 4. The van der Waals surface area contributed by atoms with Crippen LogP contribution in [0.2, 0.25) is 0 Å². The number of carbonyl (C=O) groups excluding carboxylic acids is 1. The number of benzene rings is 1. The van der Waals surface area contributed by atoms with Gasteiger partial charge >= 0.3 is 5.97 Å². The van der Waals surface area contributed by atoms with E-state index in [1.54, 1.807) is 24.3 Å². The van der Waals surface area contributed by atoms with Crippen LogP contribution in [0.1, 0.15) is 17.3 Å². The average Bonchev–Trinajstić information content (AvgIpc) is 2.41. The lowest BCUT2D eigenvalue weighted by Crippen LogP contribution is -2.06. The third kappa shape index (κ3) is 3.32. The maximum absolute atomic E-state index is 11.1. The van der Waals surface area contributed by atoms with Crippen LogP contribution in [-0.4, -0.2) is 22.0 Å². The summed E-state index contributed by atoms with van der Waals surface area (Å²) in [4.78, 5) is 25.9. The zero-order valence-corrected chi connectivity index (χ0v) is 10.8. The van der Waals surface area contributed by atoms with Gasteiger partial charge in [0, 0.05) is 24.5 Å². The third-order valence-electron chi connectivity index (χ3n) is 2.54. The summed E-state index contributed by atoms with van der Waals surface area (Å²) in [6, 6.07) is 8.35.